The Morgan fingerprint density at radius 2 is 1.70 bits per heavy atom. The Balaban J connectivity index is 1.59. The topological polar surface area (TPSA) is 94.8 Å². The fraction of sp³-hybridized carbons (Fsp3) is 0.353. The Morgan fingerprint density at radius 1 is 1.00 bits per heavy atom. The molecule has 6 heteroatoms. The minimum Gasteiger partial charge on any atom is -0.348 e. The summed E-state index contributed by atoms with van der Waals surface area (Å²) in [5.41, 5.74) is 0.0993. The van der Waals surface area contributed by atoms with Crippen molar-refractivity contribution in [1.29, 1.82) is 0 Å². The van der Waals surface area contributed by atoms with E-state index in [0.717, 1.165) is 31.7 Å². The van der Waals surface area contributed by atoms with Crippen LogP contribution in [0.3, 0.4) is 0 Å². The Morgan fingerprint density at radius 3 is 2.35 bits per heavy atom. The summed E-state index contributed by atoms with van der Waals surface area (Å²) in [6.45, 7) is 0. The average Bonchev–Trinajstić information content (AvgIpc) is 2.55. The van der Waals surface area contributed by atoms with E-state index in [0.29, 0.717) is 5.92 Å². The lowest BCUT2D eigenvalue weighted by Gasteiger charge is -2.29. The van der Waals surface area contributed by atoms with Crippen molar-refractivity contribution in [2.45, 2.75) is 37.6 Å². The highest BCUT2D eigenvalue weighted by molar-refractivity contribution is 5.92. The highest BCUT2D eigenvalue weighted by Crippen LogP contribution is 2.32. The molecular formula is C17H19N3O3. The van der Waals surface area contributed by atoms with Crippen LogP contribution in [0.15, 0.2) is 46.0 Å². The quantitative estimate of drug-likeness (QED) is 0.802. The second-order valence-electron chi connectivity index (χ2n) is 5.93. The maximum Gasteiger partial charge on any atom is 0.326 e. The third-order valence-electron chi connectivity index (χ3n) is 4.34. The predicted molar refractivity (Wildman–Crippen MR) is 86.6 cm³/mol. The van der Waals surface area contributed by atoms with Gasteiger partial charge < -0.3 is 10.3 Å². The summed E-state index contributed by atoms with van der Waals surface area (Å²) in [7, 11) is 0. The summed E-state index contributed by atoms with van der Waals surface area (Å²) < 4.78 is 0. The van der Waals surface area contributed by atoms with Crippen LogP contribution in [-0.2, 0) is 0 Å². The van der Waals surface area contributed by atoms with Crippen molar-refractivity contribution in [2.24, 2.45) is 0 Å². The molecule has 1 aromatic heterocycles. The van der Waals surface area contributed by atoms with Gasteiger partial charge in [0.1, 0.15) is 5.69 Å². The molecule has 0 bridgehead atoms. The summed E-state index contributed by atoms with van der Waals surface area (Å²) in [4.78, 5) is 39.0. The lowest BCUT2D eigenvalue weighted by molar-refractivity contribution is 0.0920. The van der Waals surface area contributed by atoms with Gasteiger partial charge in [0.2, 0.25) is 0 Å². The number of rotatable bonds is 3. The van der Waals surface area contributed by atoms with Crippen molar-refractivity contribution in [3.8, 4) is 0 Å². The van der Waals surface area contributed by atoms with Gasteiger partial charge in [-0.05, 0) is 37.2 Å². The number of hydrogen-bond acceptors (Lipinski definition) is 3. The average molecular weight is 313 g/mol. The number of benzene rings is 1. The molecule has 23 heavy (non-hydrogen) atoms. The molecule has 0 saturated heterocycles. The van der Waals surface area contributed by atoms with Gasteiger partial charge in [-0.1, -0.05) is 30.3 Å². The maximum atomic E-state index is 12.1. The van der Waals surface area contributed by atoms with E-state index >= 15 is 0 Å². The molecule has 0 radical (unpaired) electrons. The predicted octanol–water partition coefficient (Wildman–Crippen LogP) is 1.52. The minimum absolute atomic E-state index is 0.00364. The van der Waals surface area contributed by atoms with Crippen LogP contribution >= 0.6 is 0 Å². The number of carbonyl (C=O) groups is 1. The molecule has 1 aliphatic carbocycles. The molecule has 120 valence electrons. The van der Waals surface area contributed by atoms with E-state index in [-0.39, 0.29) is 11.7 Å². The van der Waals surface area contributed by atoms with Crippen LogP contribution in [0.2, 0.25) is 0 Å². The number of carbonyl (C=O) groups excluding carboxylic acids is 1. The van der Waals surface area contributed by atoms with Gasteiger partial charge >= 0.3 is 5.69 Å². The number of nitrogens with one attached hydrogen (secondary N) is 3. The molecule has 2 aromatic rings. The van der Waals surface area contributed by atoms with Crippen LogP contribution in [0.25, 0.3) is 0 Å². The molecule has 1 aromatic carbocycles. The number of amides is 1. The molecule has 3 N–H and O–H groups in total. The molecule has 0 atom stereocenters. The van der Waals surface area contributed by atoms with Crippen LogP contribution in [0, 0.1) is 0 Å². The molecular weight excluding hydrogens is 294 g/mol. The highest BCUT2D eigenvalue weighted by atomic mass is 16.2. The molecule has 1 aliphatic rings. The number of aromatic nitrogens is 2. The van der Waals surface area contributed by atoms with Crippen molar-refractivity contribution in [3.63, 3.8) is 0 Å². The Kier molecular flexibility index (Phi) is 4.41. The first-order valence-corrected chi connectivity index (χ1v) is 7.81. The van der Waals surface area contributed by atoms with Gasteiger partial charge in [-0.25, -0.2) is 4.79 Å². The molecule has 3 rings (SSSR count). The second-order valence-corrected chi connectivity index (χ2v) is 5.93. The lowest BCUT2D eigenvalue weighted by Crippen LogP contribution is -2.39. The summed E-state index contributed by atoms with van der Waals surface area (Å²) in [6.07, 6.45) is 3.80. The maximum absolute atomic E-state index is 12.1. The van der Waals surface area contributed by atoms with Crippen molar-refractivity contribution in [3.05, 3.63) is 68.5 Å². The van der Waals surface area contributed by atoms with Gasteiger partial charge in [-0.15, -0.1) is 0 Å². The smallest absolute Gasteiger partial charge is 0.326 e. The van der Waals surface area contributed by atoms with Gasteiger partial charge in [0, 0.05) is 12.1 Å². The Labute approximate surface area is 133 Å². The van der Waals surface area contributed by atoms with Crippen molar-refractivity contribution >= 4 is 5.91 Å². The fourth-order valence-corrected chi connectivity index (χ4v) is 3.15. The summed E-state index contributed by atoms with van der Waals surface area (Å²) in [5, 5.41) is 2.90. The van der Waals surface area contributed by atoms with E-state index in [1.807, 2.05) is 23.2 Å². The van der Waals surface area contributed by atoms with Crippen LogP contribution in [0.1, 0.15) is 47.7 Å². The third kappa shape index (κ3) is 3.77. The molecule has 1 fully saturated rings. The second kappa shape index (κ2) is 6.64. The van der Waals surface area contributed by atoms with Crippen molar-refractivity contribution in [1.82, 2.24) is 15.3 Å². The van der Waals surface area contributed by atoms with Crippen molar-refractivity contribution in [2.75, 3.05) is 0 Å². The first-order chi connectivity index (χ1) is 11.1. The summed E-state index contributed by atoms with van der Waals surface area (Å²) in [6, 6.07) is 11.6. The van der Waals surface area contributed by atoms with E-state index < -0.39 is 17.2 Å². The van der Waals surface area contributed by atoms with Gasteiger partial charge in [0.05, 0.1) is 0 Å². The third-order valence-corrected chi connectivity index (χ3v) is 4.34. The van der Waals surface area contributed by atoms with Crippen LogP contribution in [0.5, 0.6) is 0 Å². The summed E-state index contributed by atoms with van der Waals surface area (Å²) >= 11 is 0. The standard InChI is InChI=1S/C17H19N3O3/c21-15-10-14(19-17(23)20-15)16(22)18-13-8-6-12(7-9-13)11-4-2-1-3-5-11/h1-5,10,12-13H,6-9H2,(H,18,22)(H2,19,20,21,23). The van der Waals surface area contributed by atoms with Gasteiger partial charge in [0.15, 0.2) is 0 Å². The monoisotopic (exact) mass is 313 g/mol. The van der Waals surface area contributed by atoms with Crippen LogP contribution in [-0.4, -0.2) is 21.9 Å². The van der Waals surface area contributed by atoms with Crippen LogP contribution in [0.4, 0.5) is 0 Å². The number of aromatic amines is 2. The Hall–Kier alpha value is -2.63. The minimum atomic E-state index is -0.671. The molecule has 1 heterocycles. The van der Waals surface area contributed by atoms with E-state index in [1.54, 1.807) is 0 Å². The molecule has 1 saturated carbocycles. The Bertz CT molecular complexity index is 758. The molecule has 0 spiro atoms. The number of hydrogen-bond donors (Lipinski definition) is 3. The zero-order chi connectivity index (χ0) is 16.2. The molecule has 0 aliphatic heterocycles. The SMILES string of the molecule is O=C(NC1CCC(c2ccccc2)CC1)c1cc(=O)[nH]c(=O)[nH]1. The fourth-order valence-electron chi connectivity index (χ4n) is 3.15. The normalized spacial score (nSPS) is 20.9. The van der Waals surface area contributed by atoms with E-state index in [1.165, 1.54) is 5.56 Å². The number of H-pyrrole nitrogens is 2. The lowest BCUT2D eigenvalue weighted by atomic mass is 9.82. The molecule has 6 nitrogen and oxygen atoms in total. The van der Waals surface area contributed by atoms with Crippen molar-refractivity contribution < 1.29 is 4.79 Å². The highest BCUT2D eigenvalue weighted by Gasteiger charge is 2.24. The first-order valence-electron chi connectivity index (χ1n) is 7.81. The molecule has 0 unspecified atom stereocenters. The van der Waals surface area contributed by atoms with Gasteiger partial charge in [-0.3, -0.25) is 14.6 Å². The van der Waals surface area contributed by atoms with E-state index in [2.05, 4.69) is 22.4 Å². The van der Waals surface area contributed by atoms with E-state index in [9.17, 15) is 14.4 Å². The first kappa shape index (κ1) is 15.3. The zero-order valence-electron chi connectivity index (χ0n) is 12.7. The molecule has 1 amide bonds. The van der Waals surface area contributed by atoms with Gasteiger partial charge in [0.25, 0.3) is 11.5 Å². The zero-order valence-corrected chi connectivity index (χ0v) is 12.7. The van der Waals surface area contributed by atoms with Gasteiger partial charge in [-0.2, -0.15) is 0 Å². The summed E-state index contributed by atoms with van der Waals surface area (Å²) in [5.74, 6) is 0.125. The van der Waals surface area contributed by atoms with Crippen LogP contribution < -0.4 is 16.6 Å². The largest absolute Gasteiger partial charge is 0.348 e. The van der Waals surface area contributed by atoms with E-state index in [4.69, 9.17) is 0 Å².